The third-order valence-electron chi connectivity index (χ3n) is 14.7. The molecular formula is C66H127N2O6P. The van der Waals surface area contributed by atoms with Crippen LogP contribution in [0, 0.1) is 0 Å². The lowest BCUT2D eigenvalue weighted by atomic mass is 10.0. The summed E-state index contributed by atoms with van der Waals surface area (Å²) in [6.07, 6.45) is 76.5. The average Bonchev–Trinajstić information content (AvgIpc) is 3.37. The van der Waals surface area contributed by atoms with E-state index in [-0.39, 0.29) is 12.5 Å². The number of carbonyl (C=O) groups excluding carboxylic acids is 1. The third-order valence-corrected chi connectivity index (χ3v) is 15.7. The monoisotopic (exact) mass is 1070 g/mol. The van der Waals surface area contributed by atoms with Crippen molar-refractivity contribution >= 4 is 13.7 Å². The van der Waals surface area contributed by atoms with Crippen molar-refractivity contribution in [2.75, 3.05) is 40.9 Å². The molecule has 0 aromatic heterocycles. The molecule has 0 aliphatic rings. The Balaban J connectivity index is 4.09. The van der Waals surface area contributed by atoms with Crippen molar-refractivity contribution in [2.24, 2.45) is 0 Å². The van der Waals surface area contributed by atoms with E-state index in [0.29, 0.717) is 17.4 Å². The van der Waals surface area contributed by atoms with Gasteiger partial charge in [0.25, 0.3) is 7.82 Å². The van der Waals surface area contributed by atoms with Crippen molar-refractivity contribution in [1.82, 2.24) is 5.32 Å². The van der Waals surface area contributed by atoms with Crippen molar-refractivity contribution in [3.05, 3.63) is 48.6 Å². The van der Waals surface area contributed by atoms with E-state index in [9.17, 15) is 19.4 Å². The maximum atomic E-state index is 13.0. The topological polar surface area (TPSA) is 108 Å². The van der Waals surface area contributed by atoms with Crippen LogP contribution in [0.2, 0.25) is 0 Å². The second-order valence-corrected chi connectivity index (χ2v) is 24.9. The zero-order chi connectivity index (χ0) is 54.9. The van der Waals surface area contributed by atoms with Gasteiger partial charge < -0.3 is 28.8 Å². The van der Waals surface area contributed by atoms with Gasteiger partial charge in [-0.2, -0.15) is 0 Å². The fourth-order valence-electron chi connectivity index (χ4n) is 9.65. The molecule has 0 fully saturated rings. The minimum absolute atomic E-state index is 0.00848. The maximum absolute atomic E-state index is 13.0. The van der Waals surface area contributed by atoms with Crippen LogP contribution in [-0.2, 0) is 18.4 Å². The van der Waals surface area contributed by atoms with E-state index in [2.05, 4.69) is 55.6 Å². The lowest BCUT2D eigenvalue weighted by Gasteiger charge is -2.29. The molecule has 0 radical (unpaired) electrons. The molecule has 0 rings (SSSR count). The van der Waals surface area contributed by atoms with E-state index in [1.807, 2.05) is 27.2 Å². The van der Waals surface area contributed by atoms with E-state index in [1.165, 1.54) is 250 Å². The van der Waals surface area contributed by atoms with E-state index in [0.717, 1.165) is 44.9 Å². The van der Waals surface area contributed by atoms with Gasteiger partial charge in [0.15, 0.2) is 0 Å². The molecule has 442 valence electrons. The van der Waals surface area contributed by atoms with Gasteiger partial charge in [-0.25, -0.2) is 0 Å². The summed E-state index contributed by atoms with van der Waals surface area (Å²) >= 11 is 0. The number of unbranched alkanes of at least 4 members (excludes halogenated alkanes) is 41. The zero-order valence-corrected chi connectivity index (χ0v) is 51.4. The minimum Gasteiger partial charge on any atom is -0.756 e. The molecule has 3 atom stereocenters. The standard InChI is InChI=1S/C66H127N2O6P/c1-6-8-10-12-14-16-18-20-22-24-26-28-29-30-31-32-33-34-35-36-37-38-39-40-42-44-46-48-50-52-54-56-58-60-66(70)67-64(63-74-75(71,72)73-62-61-68(3,4)5)65(69)59-57-55-53-51-49-47-45-43-41-27-25-23-21-19-17-15-13-11-9-7-2/h30-31,41,43,49,51,57,59,64-65,69H,6-29,32-40,42,44-48,50,52-56,58,60-63H2,1-5H3,(H-,67,70,71,72)/b31-30-,43-41+,51-49+,59-57+. The Morgan fingerprint density at radius 3 is 1.08 bits per heavy atom. The number of carbonyl (C=O) groups is 1. The van der Waals surface area contributed by atoms with Gasteiger partial charge in [0, 0.05) is 6.42 Å². The van der Waals surface area contributed by atoms with Crippen molar-refractivity contribution in [3.63, 3.8) is 0 Å². The average molecular weight is 1080 g/mol. The first kappa shape index (κ1) is 73.5. The molecule has 3 unspecified atom stereocenters. The van der Waals surface area contributed by atoms with Crippen LogP contribution in [0.4, 0.5) is 0 Å². The molecule has 0 saturated carbocycles. The molecule has 0 aromatic rings. The number of quaternary nitrogens is 1. The Morgan fingerprint density at radius 1 is 0.453 bits per heavy atom. The molecule has 0 heterocycles. The van der Waals surface area contributed by atoms with Crippen LogP contribution in [0.5, 0.6) is 0 Å². The fraction of sp³-hybridized carbons (Fsp3) is 0.864. The highest BCUT2D eigenvalue weighted by Crippen LogP contribution is 2.38. The summed E-state index contributed by atoms with van der Waals surface area (Å²) in [6.45, 7) is 4.66. The molecule has 2 N–H and O–H groups in total. The van der Waals surface area contributed by atoms with Crippen LogP contribution in [0.3, 0.4) is 0 Å². The number of aliphatic hydroxyl groups excluding tert-OH is 1. The Bertz CT molecular complexity index is 1360. The summed E-state index contributed by atoms with van der Waals surface area (Å²) in [4.78, 5) is 25.5. The summed E-state index contributed by atoms with van der Waals surface area (Å²) in [5.41, 5.74) is 0. The molecule has 0 aromatic carbocycles. The van der Waals surface area contributed by atoms with Crippen LogP contribution >= 0.6 is 7.82 Å². The number of nitrogens with zero attached hydrogens (tertiary/aromatic N) is 1. The number of allylic oxidation sites excluding steroid dienone is 7. The van der Waals surface area contributed by atoms with Crippen LogP contribution < -0.4 is 10.2 Å². The highest BCUT2D eigenvalue weighted by Gasteiger charge is 2.23. The normalized spacial score (nSPS) is 14.1. The van der Waals surface area contributed by atoms with E-state index in [1.54, 1.807) is 6.08 Å². The molecule has 0 aliphatic heterocycles. The van der Waals surface area contributed by atoms with Crippen LogP contribution in [0.25, 0.3) is 0 Å². The second-order valence-electron chi connectivity index (χ2n) is 23.4. The number of phosphoric acid groups is 1. The summed E-state index contributed by atoms with van der Waals surface area (Å²) in [5.74, 6) is -0.207. The number of amides is 1. The summed E-state index contributed by atoms with van der Waals surface area (Å²) in [6, 6.07) is -0.910. The Labute approximate surface area is 467 Å². The highest BCUT2D eigenvalue weighted by molar-refractivity contribution is 7.45. The summed E-state index contributed by atoms with van der Waals surface area (Å²) < 4.78 is 23.4. The SMILES string of the molecule is CCCCCCCCCCCC/C=C/CC/C=C/CC/C=C/C(O)C(COP(=O)([O-])OCC[N+](C)(C)C)NC(=O)CCCCCCCCCCCCCCCCCCC/C=C\CCCCCCCCCCCCCC. The number of rotatable bonds is 60. The fourth-order valence-corrected chi connectivity index (χ4v) is 10.4. The van der Waals surface area contributed by atoms with Gasteiger partial charge in [0.2, 0.25) is 5.91 Å². The molecule has 8 nitrogen and oxygen atoms in total. The Hall–Kier alpha value is -1.54. The first-order chi connectivity index (χ1) is 36.5. The largest absolute Gasteiger partial charge is 0.756 e. The van der Waals surface area contributed by atoms with E-state index in [4.69, 9.17) is 9.05 Å². The molecule has 0 aliphatic carbocycles. The van der Waals surface area contributed by atoms with E-state index < -0.39 is 26.6 Å². The van der Waals surface area contributed by atoms with Gasteiger partial charge in [0.05, 0.1) is 39.9 Å². The van der Waals surface area contributed by atoms with Crippen molar-refractivity contribution in [1.29, 1.82) is 0 Å². The molecule has 0 spiro atoms. The van der Waals surface area contributed by atoms with Crippen LogP contribution in [-0.4, -0.2) is 68.5 Å². The highest BCUT2D eigenvalue weighted by atomic mass is 31.2. The minimum atomic E-state index is -4.61. The summed E-state index contributed by atoms with van der Waals surface area (Å²) in [5, 5.41) is 13.9. The number of hydrogen-bond donors (Lipinski definition) is 2. The predicted molar refractivity (Wildman–Crippen MR) is 325 cm³/mol. The van der Waals surface area contributed by atoms with Gasteiger partial charge in [-0.3, -0.25) is 9.36 Å². The molecule has 1 amide bonds. The molecular weight excluding hydrogens is 948 g/mol. The summed E-state index contributed by atoms with van der Waals surface area (Å²) in [7, 11) is 1.24. The van der Waals surface area contributed by atoms with E-state index >= 15 is 0 Å². The van der Waals surface area contributed by atoms with Gasteiger partial charge in [-0.05, 0) is 70.6 Å². The first-order valence-corrected chi connectivity index (χ1v) is 34.0. The molecule has 75 heavy (non-hydrogen) atoms. The van der Waals surface area contributed by atoms with Crippen LogP contribution in [0.15, 0.2) is 48.6 Å². The van der Waals surface area contributed by atoms with Gasteiger partial charge >= 0.3 is 0 Å². The predicted octanol–water partition coefficient (Wildman–Crippen LogP) is 19.6. The zero-order valence-electron chi connectivity index (χ0n) is 50.5. The molecule has 0 saturated heterocycles. The van der Waals surface area contributed by atoms with Crippen LogP contribution in [0.1, 0.15) is 316 Å². The Morgan fingerprint density at radius 2 is 0.747 bits per heavy atom. The third kappa shape index (κ3) is 60.0. The lowest BCUT2D eigenvalue weighted by Crippen LogP contribution is -2.45. The smallest absolute Gasteiger partial charge is 0.268 e. The van der Waals surface area contributed by atoms with Crippen molar-refractivity contribution in [2.45, 2.75) is 328 Å². The lowest BCUT2D eigenvalue weighted by molar-refractivity contribution is -0.870. The van der Waals surface area contributed by atoms with Crippen molar-refractivity contribution < 1.29 is 32.9 Å². The van der Waals surface area contributed by atoms with Gasteiger partial charge in [-0.1, -0.05) is 287 Å². The van der Waals surface area contributed by atoms with Gasteiger partial charge in [0.1, 0.15) is 13.2 Å². The van der Waals surface area contributed by atoms with Gasteiger partial charge in [-0.15, -0.1) is 0 Å². The molecule has 9 heteroatoms. The number of phosphoric ester groups is 1. The second kappa shape index (κ2) is 57.2. The number of likely N-dealkylation sites (N-methyl/N-ethyl adjacent to an activating group) is 1. The number of aliphatic hydroxyl groups is 1. The number of nitrogens with one attached hydrogen (secondary N) is 1. The number of hydrogen-bond acceptors (Lipinski definition) is 6. The first-order valence-electron chi connectivity index (χ1n) is 32.5. The Kier molecular flexibility index (Phi) is 56.0. The molecule has 0 bridgehead atoms. The van der Waals surface area contributed by atoms with Crippen molar-refractivity contribution in [3.8, 4) is 0 Å². The quantitative estimate of drug-likeness (QED) is 0.0272. The maximum Gasteiger partial charge on any atom is 0.268 e.